The number of carboxylic acid groups (broad SMARTS) is 1. The third-order valence-corrected chi connectivity index (χ3v) is 5.30. The lowest BCUT2D eigenvalue weighted by atomic mass is 10.1. The van der Waals surface area contributed by atoms with Crippen molar-refractivity contribution in [2.75, 3.05) is 4.72 Å². The van der Waals surface area contributed by atoms with Gasteiger partial charge in [-0.2, -0.15) is 0 Å². The summed E-state index contributed by atoms with van der Waals surface area (Å²) in [6, 6.07) is 6.35. The van der Waals surface area contributed by atoms with E-state index >= 15 is 0 Å². The molecule has 0 heterocycles. The van der Waals surface area contributed by atoms with Crippen LogP contribution in [0, 0.1) is 17.6 Å². The molecule has 0 aliphatic heterocycles. The zero-order valence-corrected chi connectivity index (χ0v) is 14.0. The van der Waals surface area contributed by atoms with Crippen LogP contribution >= 0.6 is 0 Å². The molecule has 3 rings (SSSR count). The third-order valence-electron chi connectivity index (χ3n) is 3.91. The summed E-state index contributed by atoms with van der Waals surface area (Å²) in [6.45, 7) is 0. The molecule has 0 amide bonds. The number of carbonyl (C=O) groups is 2. The molecule has 6 nitrogen and oxygen atoms in total. The molecule has 136 valence electrons. The molecule has 0 unspecified atom stereocenters. The molecule has 26 heavy (non-hydrogen) atoms. The summed E-state index contributed by atoms with van der Waals surface area (Å²) in [5.41, 5.74) is -1.23. The molecule has 2 N–H and O–H groups in total. The molecule has 0 spiro atoms. The maximum atomic E-state index is 13.7. The number of anilines is 1. The highest BCUT2D eigenvalue weighted by Crippen LogP contribution is 2.32. The molecule has 0 bridgehead atoms. The molecule has 1 aliphatic carbocycles. The van der Waals surface area contributed by atoms with Crippen LogP contribution in [0.1, 0.15) is 33.6 Å². The zero-order valence-electron chi connectivity index (χ0n) is 13.2. The molecule has 1 saturated carbocycles. The lowest BCUT2D eigenvalue weighted by Crippen LogP contribution is -2.15. The molecule has 2 aromatic carbocycles. The molecule has 1 fully saturated rings. The maximum Gasteiger partial charge on any atom is 0.341 e. The average Bonchev–Trinajstić information content (AvgIpc) is 3.37. The number of aromatic carboxylic acids is 1. The second-order valence-corrected chi connectivity index (χ2v) is 7.57. The minimum atomic E-state index is -4.17. The Bertz CT molecular complexity index is 975. The van der Waals surface area contributed by atoms with Crippen molar-refractivity contribution in [2.24, 2.45) is 5.92 Å². The molecule has 0 radical (unpaired) electrons. The van der Waals surface area contributed by atoms with Crippen molar-refractivity contribution in [1.82, 2.24) is 0 Å². The number of Topliss-reactive ketones (excluding diaryl/α,β-unsaturated/α-hetero) is 1. The number of nitrogens with one attached hydrogen (secondary N) is 1. The number of hydrogen-bond donors (Lipinski definition) is 2. The molecular weight excluding hydrogens is 368 g/mol. The van der Waals surface area contributed by atoms with Crippen molar-refractivity contribution in [2.45, 2.75) is 17.7 Å². The summed E-state index contributed by atoms with van der Waals surface area (Å²) >= 11 is 0. The Hall–Kier alpha value is -2.81. The first-order chi connectivity index (χ1) is 12.2. The Kier molecular flexibility index (Phi) is 4.49. The van der Waals surface area contributed by atoms with E-state index in [-0.39, 0.29) is 16.6 Å². The molecular formula is C17H13F2NO5S. The summed E-state index contributed by atoms with van der Waals surface area (Å²) < 4.78 is 53.9. The smallest absolute Gasteiger partial charge is 0.341 e. The largest absolute Gasteiger partial charge is 0.477 e. The van der Waals surface area contributed by atoms with Gasteiger partial charge in [-0.1, -0.05) is 12.1 Å². The molecule has 0 atom stereocenters. The Morgan fingerprint density at radius 3 is 2.04 bits per heavy atom. The fourth-order valence-corrected chi connectivity index (χ4v) is 3.47. The predicted molar refractivity (Wildman–Crippen MR) is 87.6 cm³/mol. The van der Waals surface area contributed by atoms with Gasteiger partial charge in [-0.3, -0.25) is 9.52 Å². The minimum absolute atomic E-state index is 0.00529. The number of sulfonamides is 1. The fourth-order valence-electron chi connectivity index (χ4n) is 2.43. The average molecular weight is 381 g/mol. The van der Waals surface area contributed by atoms with Gasteiger partial charge in [-0.15, -0.1) is 0 Å². The van der Waals surface area contributed by atoms with Gasteiger partial charge in [0.2, 0.25) is 0 Å². The summed E-state index contributed by atoms with van der Waals surface area (Å²) in [7, 11) is -4.17. The molecule has 0 saturated heterocycles. The van der Waals surface area contributed by atoms with Gasteiger partial charge >= 0.3 is 5.97 Å². The van der Waals surface area contributed by atoms with Crippen LogP contribution in [-0.2, 0) is 10.0 Å². The summed E-state index contributed by atoms with van der Waals surface area (Å²) in [5.74, 6) is -4.66. The molecule has 0 aromatic heterocycles. The number of benzene rings is 2. The van der Waals surface area contributed by atoms with Gasteiger partial charge in [-0.05, 0) is 37.1 Å². The maximum absolute atomic E-state index is 13.7. The van der Waals surface area contributed by atoms with Crippen LogP contribution in [0.3, 0.4) is 0 Å². The van der Waals surface area contributed by atoms with Crippen molar-refractivity contribution in [3.8, 4) is 0 Å². The Morgan fingerprint density at radius 2 is 1.58 bits per heavy atom. The van der Waals surface area contributed by atoms with Crippen molar-refractivity contribution in [3.63, 3.8) is 0 Å². The quantitative estimate of drug-likeness (QED) is 0.749. The second kappa shape index (κ2) is 6.49. The number of halogens is 2. The van der Waals surface area contributed by atoms with Gasteiger partial charge in [0, 0.05) is 11.5 Å². The highest BCUT2D eigenvalue weighted by atomic mass is 32.2. The Balaban J connectivity index is 1.85. The van der Waals surface area contributed by atoms with Crippen LogP contribution in [0.2, 0.25) is 0 Å². The van der Waals surface area contributed by atoms with E-state index in [0.29, 0.717) is 17.7 Å². The van der Waals surface area contributed by atoms with E-state index in [4.69, 9.17) is 5.11 Å². The van der Waals surface area contributed by atoms with Crippen LogP contribution in [-0.4, -0.2) is 25.3 Å². The predicted octanol–water partition coefficient (Wildman–Crippen LogP) is 3.06. The Labute approximate surface area is 147 Å². The van der Waals surface area contributed by atoms with E-state index in [1.54, 1.807) is 0 Å². The van der Waals surface area contributed by atoms with Crippen LogP contribution in [0.25, 0.3) is 0 Å². The summed E-state index contributed by atoms with van der Waals surface area (Å²) in [4.78, 5) is 22.5. The third kappa shape index (κ3) is 3.57. The highest BCUT2D eigenvalue weighted by molar-refractivity contribution is 7.92. The lowest BCUT2D eigenvalue weighted by Gasteiger charge is -2.10. The van der Waals surface area contributed by atoms with E-state index in [2.05, 4.69) is 0 Å². The topological polar surface area (TPSA) is 101 Å². The molecule has 1 aliphatic rings. The number of ketones is 1. The van der Waals surface area contributed by atoms with E-state index < -0.39 is 38.9 Å². The first-order valence-corrected chi connectivity index (χ1v) is 9.07. The van der Waals surface area contributed by atoms with E-state index in [9.17, 15) is 26.8 Å². The summed E-state index contributed by atoms with van der Waals surface area (Å²) in [6.07, 6.45) is 1.65. The van der Waals surface area contributed by atoms with Crippen LogP contribution in [0.4, 0.5) is 14.5 Å². The van der Waals surface area contributed by atoms with Gasteiger partial charge in [-0.25, -0.2) is 22.0 Å². The van der Waals surface area contributed by atoms with Gasteiger partial charge < -0.3 is 5.11 Å². The van der Waals surface area contributed by atoms with Crippen molar-refractivity contribution >= 4 is 27.5 Å². The number of carboxylic acids is 1. The standard InChI is InChI=1S/C17H13F2NO5S/c18-13-7-11(8-14(19)15(13)17(22)23)20-26(24,25)12-5-3-10(4-6-12)16(21)9-1-2-9/h3-9,20H,1-2H2,(H,22,23). The summed E-state index contributed by atoms with van der Waals surface area (Å²) in [5, 5.41) is 8.72. The first kappa shape index (κ1) is 18.0. The van der Waals surface area contributed by atoms with Crippen molar-refractivity contribution < 1.29 is 31.9 Å². The van der Waals surface area contributed by atoms with Gasteiger partial charge in [0.15, 0.2) is 5.78 Å². The zero-order chi connectivity index (χ0) is 19.1. The fraction of sp³-hybridized carbons (Fsp3) is 0.176. The minimum Gasteiger partial charge on any atom is -0.477 e. The Morgan fingerprint density at radius 1 is 1.04 bits per heavy atom. The number of hydrogen-bond acceptors (Lipinski definition) is 4. The van der Waals surface area contributed by atoms with Gasteiger partial charge in [0.25, 0.3) is 10.0 Å². The second-order valence-electron chi connectivity index (χ2n) is 5.89. The van der Waals surface area contributed by atoms with E-state index in [0.717, 1.165) is 12.8 Å². The molecule has 2 aromatic rings. The van der Waals surface area contributed by atoms with Crippen molar-refractivity contribution in [1.29, 1.82) is 0 Å². The lowest BCUT2D eigenvalue weighted by molar-refractivity contribution is 0.0686. The van der Waals surface area contributed by atoms with Gasteiger partial charge in [0.05, 0.1) is 10.6 Å². The van der Waals surface area contributed by atoms with Crippen LogP contribution in [0.15, 0.2) is 41.3 Å². The van der Waals surface area contributed by atoms with Crippen LogP contribution in [0.5, 0.6) is 0 Å². The highest BCUT2D eigenvalue weighted by Gasteiger charge is 2.30. The monoisotopic (exact) mass is 381 g/mol. The van der Waals surface area contributed by atoms with Crippen LogP contribution < -0.4 is 4.72 Å². The molecule has 9 heteroatoms. The van der Waals surface area contributed by atoms with Gasteiger partial charge in [0.1, 0.15) is 17.2 Å². The normalized spacial score (nSPS) is 14.1. The van der Waals surface area contributed by atoms with E-state index in [1.807, 2.05) is 4.72 Å². The van der Waals surface area contributed by atoms with E-state index in [1.165, 1.54) is 24.3 Å². The first-order valence-electron chi connectivity index (χ1n) is 7.58. The number of rotatable bonds is 6. The number of carbonyl (C=O) groups excluding carboxylic acids is 1. The SMILES string of the molecule is O=C(O)c1c(F)cc(NS(=O)(=O)c2ccc(C(=O)C3CC3)cc2)cc1F. The van der Waals surface area contributed by atoms with Crippen molar-refractivity contribution in [3.05, 3.63) is 59.2 Å².